The lowest BCUT2D eigenvalue weighted by Gasteiger charge is -2.07. The lowest BCUT2D eigenvalue weighted by atomic mass is 10.1. The monoisotopic (exact) mass is 290 g/mol. The van der Waals surface area contributed by atoms with Crippen LogP contribution >= 0.6 is 23.8 Å². The highest BCUT2D eigenvalue weighted by atomic mass is 35.5. The highest BCUT2D eigenvalue weighted by Crippen LogP contribution is 2.15. The Hall–Kier alpha value is -1.91. The molecular formula is C14H11ClN2OS. The van der Waals surface area contributed by atoms with Crippen LogP contribution in [0.25, 0.3) is 0 Å². The number of nitrogens with one attached hydrogen (secondary N) is 1. The molecule has 0 aliphatic carbocycles. The summed E-state index contributed by atoms with van der Waals surface area (Å²) < 4.78 is 0. The maximum atomic E-state index is 12.0. The summed E-state index contributed by atoms with van der Waals surface area (Å²) in [4.78, 5) is 12.3. The van der Waals surface area contributed by atoms with Gasteiger partial charge in [-0.2, -0.15) is 0 Å². The maximum absolute atomic E-state index is 12.0. The summed E-state index contributed by atoms with van der Waals surface area (Å²) in [6.45, 7) is 0. The normalized spacial score (nSPS) is 9.95. The van der Waals surface area contributed by atoms with Crippen molar-refractivity contribution < 1.29 is 4.79 Å². The van der Waals surface area contributed by atoms with Gasteiger partial charge in [-0.1, -0.05) is 42.0 Å². The molecule has 3 nitrogen and oxygen atoms in total. The summed E-state index contributed by atoms with van der Waals surface area (Å²) in [7, 11) is 0. The molecule has 2 rings (SSSR count). The number of carbonyl (C=O) groups is 1. The average molecular weight is 291 g/mol. The molecule has 96 valence electrons. The van der Waals surface area contributed by atoms with Crippen LogP contribution in [-0.4, -0.2) is 10.9 Å². The van der Waals surface area contributed by atoms with Gasteiger partial charge in [-0.15, -0.1) is 0 Å². The van der Waals surface area contributed by atoms with Crippen molar-refractivity contribution in [3.63, 3.8) is 0 Å². The molecule has 5 heteroatoms. The van der Waals surface area contributed by atoms with Crippen molar-refractivity contribution in [2.24, 2.45) is 5.73 Å². The molecule has 0 radical (unpaired) electrons. The predicted octanol–water partition coefficient (Wildman–Crippen LogP) is 3.23. The summed E-state index contributed by atoms with van der Waals surface area (Å²) in [5.41, 5.74) is 7.38. The molecule has 0 bridgehead atoms. The van der Waals surface area contributed by atoms with Crippen LogP contribution < -0.4 is 11.1 Å². The molecule has 1 amide bonds. The molecule has 0 fully saturated rings. The molecule has 0 aliphatic rings. The van der Waals surface area contributed by atoms with Crippen molar-refractivity contribution in [3.05, 3.63) is 64.7 Å². The van der Waals surface area contributed by atoms with Crippen molar-refractivity contribution >= 4 is 40.4 Å². The Balaban J connectivity index is 2.19. The first-order valence-corrected chi connectivity index (χ1v) is 6.31. The number of hydrogen-bond acceptors (Lipinski definition) is 2. The Bertz CT molecular complexity index is 643. The summed E-state index contributed by atoms with van der Waals surface area (Å²) in [6.07, 6.45) is 0. The van der Waals surface area contributed by atoms with Crippen LogP contribution in [0.4, 0.5) is 5.69 Å². The van der Waals surface area contributed by atoms with Gasteiger partial charge in [-0.05, 0) is 30.3 Å². The number of benzene rings is 2. The quantitative estimate of drug-likeness (QED) is 0.853. The number of anilines is 1. The number of thiocarbonyl (C=S) groups is 1. The van der Waals surface area contributed by atoms with E-state index in [1.54, 1.807) is 48.5 Å². The van der Waals surface area contributed by atoms with Gasteiger partial charge in [0.2, 0.25) is 0 Å². The van der Waals surface area contributed by atoms with E-state index in [0.717, 1.165) is 0 Å². The predicted molar refractivity (Wildman–Crippen MR) is 81.7 cm³/mol. The van der Waals surface area contributed by atoms with Crippen molar-refractivity contribution in [2.75, 3.05) is 5.32 Å². The third-order valence-corrected chi connectivity index (χ3v) is 2.96. The Morgan fingerprint density at radius 1 is 1.11 bits per heavy atom. The van der Waals surface area contributed by atoms with Gasteiger partial charge in [0.15, 0.2) is 0 Å². The van der Waals surface area contributed by atoms with Crippen LogP contribution in [0, 0.1) is 0 Å². The molecule has 0 saturated carbocycles. The van der Waals surface area contributed by atoms with Crippen LogP contribution in [0.15, 0.2) is 48.5 Å². The molecule has 0 unspecified atom stereocenters. The summed E-state index contributed by atoms with van der Waals surface area (Å²) in [5.74, 6) is -0.234. The second-order valence-electron chi connectivity index (χ2n) is 3.91. The Kier molecular flexibility index (Phi) is 4.14. The van der Waals surface area contributed by atoms with Gasteiger partial charge < -0.3 is 11.1 Å². The standard InChI is InChI=1S/C14H11ClN2OS/c15-11-5-1-4-10(7-11)14(18)17-12-6-2-3-9(8-12)13(16)19/h1-8H,(H2,16,19)(H,17,18). The number of halogens is 1. The van der Waals surface area contributed by atoms with E-state index >= 15 is 0 Å². The zero-order valence-electron chi connectivity index (χ0n) is 9.89. The molecule has 0 spiro atoms. The molecule has 0 heterocycles. The Morgan fingerprint density at radius 3 is 2.47 bits per heavy atom. The minimum atomic E-state index is -0.234. The molecule has 3 N–H and O–H groups in total. The van der Waals surface area contributed by atoms with Crippen LogP contribution in [0.5, 0.6) is 0 Å². The number of carbonyl (C=O) groups excluding carboxylic acids is 1. The molecule has 2 aromatic carbocycles. The van der Waals surface area contributed by atoms with Gasteiger partial charge in [0, 0.05) is 21.8 Å². The topological polar surface area (TPSA) is 55.1 Å². The van der Waals surface area contributed by atoms with Crippen LogP contribution in [-0.2, 0) is 0 Å². The van der Waals surface area contributed by atoms with Crippen LogP contribution in [0.1, 0.15) is 15.9 Å². The summed E-state index contributed by atoms with van der Waals surface area (Å²) in [6, 6.07) is 13.8. The van der Waals surface area contributed by atoms with Crippen LogP contribution in [0.2, 0.25) is 5.02 Å². The zero-order valence-corrected chi connectivity index (χ0v) is 11.5. The third-order valence-electron chi connectivity index (χ3n) is 2.49. The number of rotatable bonds is 3. The average Bonchev–Trinajstić information content (AvgIpc) is 2.39. The second-order valence-corrected chi connectivity index (χ2v) is 4.79. The van der Waals surface area contributed by atoms with E-state index in [-0.39, 0.29) is 5.91 Å². The first-order chi connectivity index (χ1) is 9.06. The molecular weight excluding hydrogens is 280 g/mol. The first-order valence-electron chi connectivity index (χ1n) is 5.53. The first kappa shape index (κ1) is 13.5. The fraction of sp³-hybridized carbons (Fsp3) is 0. The Labute approximate surface area is 121 Å². The van der Waals surface area contributed by atoms with Gasteiger partial charge in [-0.25, -0.2) is 0 Å². The van der Waals surface area contributed by atoms with E-state index < -0.39 is 0 Å². The minimum Gasteiger partial charge on any atom is -0.389 e. The molecule has 0 atom stereocenters. The van der Waals surface area contributed by atoms with Gasteiger partial charge in [0.25, 0.3) is 5.91 Å². The van der Waals surface area contributed by atoms with Crippen molar-refractivity contribution in [1.82, 2.24) is 0 Å². The van der Waals surface area contributed by atoms with Gasteiger partial charge in [0.1, 0.15) is 4.99 Å². The van der Waals surface area contributed by atoms with E-state index in [4.69, 9.17) is 29.6 Å². The summed E-state index contributed by atoms with van der Waals surface area (Å²) in [5, 5.41) is 3.29. The molecule has 2 aromatic rings. The van der Waals surface area contributed by atoms with Crippen LogP contribution in [0.3, 0.4) is 0 Å². The zero-order chi connectivity index (χ0) is 13.8. The molecule has 0 aromatic heterocycles. The van der Waals surface area contributed by atoms with E-state index in [1.807, 2.05) is 0 Å². The number of nitrogens with two attached hydrogens (primary N) is 1. The van der Waals surface area contributed by atoms with Gasteiger partial charge >= 0.3 is 0 Å². The number of amides is 1. The molecule has 0 aliphatic heterocycles. The lowest BCUT2D eigenvalue weighted by molar-refractivity contribution is 0.102. The van der Waals surface area contributed by atoms with E-state index in [1.165, 1.54) is 0 Å². The van der Waals surface area contributed by atoms with E-state index in [0.29, 0.717) is 26.8 Å². The van der Waals surface area contributed by atoms with E-state index in [2.05, 4.69) is 5.32 Å². The highest BCUT2D eigenvalue weighted by Gasteiger charge is 2.07. The molecule has 0 saturated heterocycles. The number of hydrogen-bond donors (Lipinski definition) is 2. The fourth-order valence-electron chi connectivity index (χ4n) is 1.58. The minimum absolute atomic E-state index is 0.234. The van der Waals surface area contributed by atoms with Gasteiger partial charge in [-0.3, -0.25) is 4.79 Å². The molecule has 19 heavy (non-hydrogen) atoms. The second kappa shape index (κ2) is 5.82. The van der Waals surface area contributed by atoms with Crippen molar-refractivity contribution in [3.8, 4) is 0 Å². The smallest absolute Gasteiger partial charge is 0.255 e. The summed E-state index contributed by atoms with van der Waals surface area (Å²) >= 11 is 10.7. The highest BCUT2D eigenvalue weighted by molar-refractivity contribution is 7.80. The van der Waals surface area contributed by atoms with Crippen molar-refractivity contribution in [2.45, 2.75) is 0 Å². The largest absolute Gasteiger partial charge is 0.389 e. The lowest BCUT2D eigenvalue weighted by Crippen LogP contribution is -2.13. The van der Waals surface area contributed by atoms with Gasteiger partial charge in [0.05, 0.1) is 0 Å². The SMILES string of the molecule is NC(=S)c1cccc(NC(=O)c2cccc(Cl)c2)c1. The van der Waals surface area contributed by atoms with E-state index in [9.17, 15) is 4.79 Å². The maximum Gasteiger partial charge on any atom is 0.255 e. The third kappa shape index (κ3) is 3.53. The fourth-order valence-corrected chi connectivity index (χ4v) is 1.90. The Morgan fingerprint density at radius 2 is 1.79 bits per heavy atom. The van der Waals surface area contributed by atoms with Crippen molar-refractivity contribution in [1.29, 1.82) is 0 Å².